The molecule has 132 valence electrons. The van der Waals surface area contributed by atoms with Crippen molar-refractivity contribution in [2.45, 2.75) is 51.4 Å². The fourth-order valence-corrected chi connectivity index (χ4v) is 3.64. The number of carbonyl (C=O) groups excluding carboxylic acids is 1. The van der Waals surface area contributed by atoms with Gasteiger partial charge in [-0.3, -0.25) is 4.79 Å². The second-order valence-corrected chi connectivity index (χ2v) is 7.17. The smallest absolute Gasteiger partial charge is 0.227 e. The number of amides is 1. The second kappa shape index (κ2) is 7.81. The number of rotatable bonds is 4. The number of carbonyl (C=O) groups is 1. The highest BCUT2D eigenvalue weighted by Crippen LogP contribution is 2.28. The van der Waals surface area contributed by atoms with E-state index in [1.807, 2.05) is 19.0 Å². The predicted octanol–water partition coefficient (Wildman–Crippen LogP) is 3.05. The zero-order valence-electron chi connectivity index (χ0n) is 14.9. The predicted molar refractivity (Wildman–Crippen MR) is 97.6 cm³/mol. The highest BCUT2D eigenvalue weighted by Gasteiger charge is 2.23. The molecule has 1 amide bonds. The summed E-state index contributed by atoms with van der Waals surface area (Å²) in [5, 5.41) is 3.07. The number of anilines is 3. The average molecular weight is 331 g/mol. The van der Waals surface area contributed by atoms with Crippen molar-refractivity contribution in [3.05, 3.63) is 6.20 Å². The molecule has 2 fully saturated rings. The Balaban J connectivity index is 1.75. The van der Waals surface area contributed by atoms with Gasteiger partial charge in [0, 0.05) is 33.1 Å². The Morgan fingerprint density at radius 1 is 1.12 bits per heavy atom. The molecule has 1 aromatic heterocycles. The van der Waals surface area contributed by atoms with Crippen LogP contribution < -0.4 is 15.1 Å². The molecule has 1 saturated heterocycles. The third-order valence-electron chi connectivity index (χ3n) is 5.05. The molecule has 1 aromatic rings. The number of nitrogens with one attached hydrogen (secondary N) is 1. The van der Waals surface area contributed by atoms with Crippen molar-refractivity contribution in [3.8, 4) is 0 Å². The number of nitrogens with zero attached hydrogens (tertiary/aromatic N) is 4. The molecule has 0 radical (unpaired) electrons. The molecular formula is C18H29N5O. The van der Waals surface area contributed by atoms with Crippen LogP contribution in [0.3, 0.4) is 0 Å². The highest BCUT2D eigenvalue weighted by atomic mass is 16.1. The minimum absolute atomic E-state index is 0.118. The van der Waals surface area contributed by atoms with Crippen LogP contribution in [0, 0.1) is 5.92 Å². The van der Waals surface area contributed by atoms with Crippen molar-refractivity contribution in [3.63, 3.8) is 0 Å². The summed E-state index contributed by atoms with van der Waals surface area (Å²) in [4.78, 5) is 26.0. The number of hydrogen-bond acceptors (Lipinski definition) is 5. The van der Waals surface area contributed by atoms with Crippen LogP contribution in [-0.2, 0) is 4.79 Å². The van der Waals surface area contributed by atoms with E-state index in [2.05, 4.69) is 15.2 Å². The number of hydrogen-bond donors (Lipinski definition) is 1. The lowest BCUT2D eigenvalue weighted by Gasteiger charge is -2.28. The van der Waals surface area contributed by atoms with E-state index in [4.69, 9.17) is 4.98 Å². The van der Waals surface area contributed by atoms with E-state index in [1.165, 1.54) is 25.7 Å². The lowest BCUT2D eigenvalue weighted by atomic mass is 9.88. The summed E-state index contributed by atoms with van der Waals surface area (Å²) in [7, 11) is 3.91. The molecule has 24 heavy (non-hydrogen) atoms. The van der Waals surface area contributed by atoms with Crippen molar-refractivity contribution in [1.82, 2.24) is 9.97 Å². The van der Waals surface area contributed by atoms with Gasteiger partial charge < -0.3 is 15.1 Å². The van der Waals surface area contributed by atoms with Gasteiger partial charge in [0.15, 0.2) is 5.82 Å². The van der Waals surface area contributed by atoms with Crippen molar-refractivity contribution >= 4 is 23.4 Å². The van der Waals surface area contributed by atoms with Gasteiger partial charge >= 0.3 is 0 Å². The molecule has 2 aliphatic rings. The van der Waals surface area contributed by atoms with Crippen molar-refractivity contribution in [1.29, 1.82) is 0 Å². The maximum atomic E-state index is 12.5. The van der Waals surface area contributed by atoms with Gasteiger partial charge in [-0.15, -0.1) is 0 Å². The van der Waals surface area contributed by atoms with Gasteiger partial charge in [0.25, 0.3) is 0 Å². The Morgan fingerprint density at radius 2 is 1.79 bits per heavy atom. The number of piperidine rings is 1. The van der Waals surface area contributed by atoms with Crippen molar-refractivity contribution in [2.24, 2.45) is 5.92 Å². The lowest BCUT2D eigenvalue weighted by Crippen LogP contribution is -2.32. The maximum Gasteiger partial charge on any atom is 0.227 e. The molecule has 3 rings (SSSR count). The topological polar surface area (TPSA) is 61.4 Å². The van der Waals surface area contributed by atoms with Gasteiger partial charge in [-0.1, -0.05) is 19.3 Å². The van der Waals surface area contributed by atoms with Gasteiger partial charge in [-0.05, 0) is 32.1 Å². The lowest BCUT2D eigenvalue weighted by molar-refractivity contribution is -0.120. The van der Waals surface area contributed by atoms with Gasteiger partial charge in [0.1, 0.15) is 5.69 Å². The Kier molecular flexibility index (Phi) is 5.53. The van der Waals surface area contributed by atoms with E-state index in [1.54, 1.807) is 6.20 Å². The van der Waals surface area contributed by atoms with Gasteiger partial charge in [-0.2, -0.15) is 4.98 Å². The average Bonchev–Trinajstić information content (AvgIpc) is 2.63. The zero-order chi connectivity index (χ0) is 16.9. The Hall–Kier alpha value is -1.85. The SMILES string of the molecule is CN(C)c1nc(N2CCCCC2)ncc1NC(=O)C1CCCCC1. The van der Waals surface area contributed by atoms with E-state index in [0.717, 1.165) is 56.2 Å². The summed E-state index contributed by atoms with van der Waals surface area (Å²) in [6.45, 7) is 2.03. The summed E-state index contributed by atoms with van der Waals surface area (Å²) in [6.07, 6.45) is 11.0. The van der Waals surface area contributed by atoms with E-state index >= 15 is 0 Å². The monoisotopic (exact) mass is 331 g/mol. The molecule has 1 saturated carbocycles. The molecule has 6 nitrogen and oxygen atoms in total. The van der Waals surface area contributed by atoms with E-state index in [9.17, 15) is 4.79 Å². The molecule has 0 unspecified atom stereocenters. The third-order valence-corrected chi connectivity index (χ3v) is 5.05. The first-order chi connectivity index (χ1) is 11.6. The fourth-order valence-electron chi connectivity index (χ4n) is 3.64. The van der Waals surface area contributed by atoms with Gasteiger partial charge in [0.2, 0.25) is 11.9 Å². The molecule has 0 aromatic carbocycles. The molecule has 0 bridgehead atoms. The molecule has 2 heterocycles. The Morgan fingerprint density at radius 3 is 2.46 bits per heavy atom. The normalized spacial score (nSPS) is 19.2. The van der Waals surface area contributed by atoms with Crippen LogP contribution in [-0.4, -0.2) is 43.1 Å². The molecule has 0 spiro atoms. The van der Waals surface area contributed by atoms with Crippen molar-refractivity contribution in [2.75, 3.05) is 42.3 Å². The third kappa shape index (κ3) is 3.97. The highest BCUT2D eigenvalue weighted by molar-refractivity contribution is 5.95. The zero-order valence-corrected chi connectivity index (χ0v) is 14.9. The maximum absolute atomic E-state index is 12.5. The van der Waals surface area contributed by atoms with E-state index < -0.39 is 0 Å². The molecule has 6 heteroatoms. The summed E-state index contributed by atoms with van der Waals surface area (Å²) in [5.74, 6) is 1.81. The van der Waals surface area contributed by atoms with Crippen LogP contribution >= 0.6 is 0 Å². The van der Waals surface area contributed by atoms with Crippen molar-refractivity contribution < 1.29 is 4.79 Å². The van der Waals surface area contributed by atoms with E-state index in [-0.39, 0.29) is 11.8 Å². The van der Waals surface area contributed by atoms with Crippen LogP contribution in [0.15, 0.2) is 6.20 Å². The standard InChI is InChI=1S/C18H29N5O/c1-22(2)16-15(20-17(24)14-9-5-3-6-10-14)13-19-18(21-16)23-11-7-4-8-12-23/h13-14H,3-12H2,1-2H3,(H,20,24). The van der Waals surface area contributed by atoms with Crippen LogP contribution in [0.4, 0.5) is 17.5 Å². The van der Waals surface area contributed by atoms with E-state index in [0.29, 0.717) is 0 Å². The number of aromatic nitrogens is 2. The summed E-state index contributed by atoms with van der Waals surface area (Å²) in [5.41, 5.74) is 0.719. The molecule has 1 aliphatic carbocycles. The van der Waals surface area contributed by atoms with Gasteiger partial charge in [0.05, 0.1) is 6.20 Å². The molecular weight excluding hydrogens is 302 g/mol. The largest absolute Gasteiger partial charge is 0.361 e. The minimum Gasteiger partial charge on any atom is -0.361 e. The Bertz CT molecular complexity index is 563. The van der Waals surface area contributed by atoms with Crippen LogP contribution in [0.5, 0.6) is 0 Å². The Labute approximate surface area is 144 Å². The molecule has 1 aliphatic heterocycles. The van der Waals surface area contributed by atoms with Crippen LogP contribution in [0.1, 0.15) is 51.4 Å². The first-order valence-electron chi connectivity index (χ1n) is 9.25. The van der Waals surface area contributed by atoms with Crippen LogP contribution in [0.2, 0.25) is 0 Å². The molecule has 1 N–H and O–H groups in total. The first-order valence-corrected chi connectivity index (χ1v) is 9.25. The minimum atomic E-state index is 0.118. The van der Waals surface area contributed by atoms with Crippen LogP contribution in [0.25, 0.3) is 0 Å². The molecule has 0 atom stereocenters. The summed E-state index contributed by atoms with van der Waals surface area (Å²) >= 11 is 0. The second-order valence-electron chi connectivity index (χ2n) is 7.17. The first kappa shape index (κ1) is 17.0. The fraction of sp³-hybridized carbons (Fsp3) is 0.722. The summed E-state index contributed by atoms with van der Waals surface area (Å²) < 4.78 is 0. The quantitative estimate of drug-likeness (QED) is 0.919. The summed E-state index contributed by atoms with van der Waals surface area (Å²) in [6, 6.07) is 0. The van der Waals surface area contributed by atoms with Gasteiger partial charge in [-0.25, -0.2) is 4.98 Å².